The second kappa shape index (κ2) is 7.64. The van der Waals surface area contributed by atoms with E-state index >= 15 is 0 Å². The maximum absolute atomic E-state index is 12.6. The molecule has 164 valence electrons. The Hall–Kier alpha value is -1.38. The van der Waals surface area contributed by atoms with E-state index < -0.39 is 0 Å². The molecule has 0 amide bonds. The molecule has 0 N–H and O–H groups in total. The smallest absolute Gasteiger partial charge is 0.306 e. The van der Waals surface area contributed by atoms with E-state index in [-0.39, 0.29) is 28.7 Å². The molecule has 0 aromatic heterocycles. The van der Waals surface area contributed by atoms with E-state index in [1.54, 1.807) is 0 Å². The van der Waals surface area contributed by atoms with Gasteiger partial charge in [-0.2, -0.15) is 0 Å². The van der Waals surface area contributed by atoms with Gasteiger partial charge in [0.1, 0.15) is 6.10 Å². The third-order valence-electron chi connectivity index (χ3n) is 9.93. The number of carbonyl (C=O) groups is 2. The molecule has 0 aliphatic heterocycles. The van der Waals surface area contributed by atoms with E-state index in [0.717, 1.165) is 38.0 Å². The molecule has 0 heterocycles. The first-order valence-electron chi connectivity index (χ1n) is 12.5. The Morgan fingerprint density at radius 3 is 2.67 bits per heavy atom. The van der Waals surface area contributed by atoms with E-state index in [0.29, 0.717) is 30.6 Å². The first-order chi connectivity index (χ1) is 14.4. The summed E-state index contributed by atoms with van der Waals surface area (Å²) in [5.74, 6) is 2.85. The van der Waals surface area contributed by atoms with Crippen molar-refractivity contribution in [1.82, 2.24) is 0 Å². The van der Waals surface area contributed by atoms with Gasteiger partial charge in [0.2, 0.25) is 0 Å². The molecule has 3 saturated carbocycles. The zero-order valence-corrected chi connectivity index (χ0v) is 18.8. The molecule has 30 heavy (non-hydrogen) atoms. The topological polar surface area (TPSA) is 43.4 Å². The number of hydrogen-bond donors (Lipinski definition) is 0. The van der Waals surface area contributed by atoms with Gasteiger partial charge >= 0.3 is 5.97 Å². The van der Waals surface area contributed by atoms with Crippen LogP contribution < -0.4 is 0 Å². The fourth-order valence-electron chi connectivity index (χ4n) is 7.98. The van der Waals surface area contributed by atoms with Crippen molar-refractivity contribution in [2.24, 2.45) is 34.5 Å². The molecule has 0 saturated heterocycles. The lowest BCUT2D eigenvalue weighted by molar-refractivity contribution is -0.158. The molecule has 5 aliphatic rings. The highest BCUT2D eigenvalue weighted by molar-refractivity contribution is 5.92. The SMILES string of the molecule is C[C@@]12CC[C@H]3[C@@H](C=CC4=CC(=O)CC[C@@]43C)[C@@H]1CC[C@@H]2OC(=O)CCC1CCCC1. The van der Waals surface area contributed by atoms with Crippen LogP contribution in [0.3, 0.4) is 0 Å². The van der Waals surface area contributed by atoms with Crippen LogP contribution in [0.5, 0.6) is 0 Å². The number of ketones is 1. The Morgan fingerprint density at radius 2 is 1.87 bits per heavy atom. The highest BCUT2D eigenvalue weighted by Gasteiger charge is 2.59. The summed E-state index contributed by atoms with van der Waals surface area (Å²) in [5, 5.41) is 0. The number of hydrogen-bond acceptors (Lipinski definition) is 3. The average molecular weight is 411 g/mol. The van der Waals surface area contributed by atoms with Gasteiger partial charge in [-0.1, -0.05) is 51.7 Å². The van der Waals surface area contributed by atoms with Crippen molar-refractivity contribution in [1.29, 1.82) is 0 Å². The van der Waals surface area contributed by atoms with Crippen molar-refractivity contribution >= 4 is 11.8 Å². The summed E-state index contributed by atoms with van der Waals surface area (Å²) in [7, 11) is 0. The van der Waals surface area contributed by atoms with Crippen LogP contribution in [0.2, 0.25) is 0 Å². The minimum absolute atomic E-state index is 0.0399. The number of ether oxygens (including phenoxy) is 1. The second-order valence-electron chi connectivity index (χ2n) is 11.4. The summed E-state index contributed by atoms with van der Waals surface area (Å²) in [6, 6.07) is 0. The minimum atomic E-state index is 0.0399. The van der Waals surface area contributed by atoms with Crippen LogP contribution in [0.1, 0.15) is 90.9 Å². The van der Waals surface area contributed by atoms with Gasteiger partial charge in [-0.3, -0.25) is 9.59 Å². The third kappa shape index (κ3) is 3.31. The molecule has 0 radical (unpaired) electrons. The molecule has 5 rings (SSSR count). The molecule has 0 bridgehead atoms. The summed E-state index contributed by atoms with van der Waals surface area (Å²) in [5.41, 5.74) is 1.51. The van der Waals surface area contributed by atoms with Crippen LogP contribution in [-0.4, -0.2) is 17.9 Å². The predicted molar refractivity (Wildman–Crippen MR) is 118 cm³/mol. The summed E-state index contributed by atoms with van der Waals surface area (Å²) in [6.45, 7) is 4.78. The molecular formula is C27H38O3. The second-order valence-corrected chi connectivity index (χ2v) is 11.4. The Labute approximate surface area is 181 Å². The normalized spacial score (nSPS) is 43.0. The van der Waals surface area contributed by atoms with E-state index in [4.69, 9.17) is 4.74 Å². The monoisotopic (exact) mass is 410 g/mol. The fourth-order valence-corrected chi connectivity index (χ4v) is 7.98. The highest BCUT2D eigenvalue weighted by Crippen LogP contribution is 2.64. The quantitative estimate of drug-likeness (QED) is 0.520. The molecule has 6 atom stereocenters. The predicted octanol–water partition coefficient (Wildman–Crippen LogP) is 6.18. The third-order valence-corrected chi connectivity index (χ3v) is 9.93. The average Bonchev–Trinajstić information content (AvgIpc) is 3.35. The number of fused-ring (bicyclic) bond motifs is 5. The minimum Gasteiger partial charge on any atom is -0.462 e. The Balaban J connectivity index is 1.28. The molecular weight excluding hydrogens is 372 g/mol. The van der Waals surface area contributed by atoms with E-state index in [9.17, 15) is 9.59 Å². The van der Waals surface area contributed by atoms with Crippen molar-refractivity contribution in [2.75, 3.05) is 0 Å². The van der Waals surface area contributed by atoms with E-state index in [1.807, 2.05) is 6.08 Å². The fraction of sp³-hybridized carbons (Fsp3) is 0.778. The van der Waals surface area contributed by atoms with Gasteiger partial charge in [-0.05, 0) is 79.3 Å². The number of carbonyl (C=O) groups excluding carboxylic acids is 2. The lowest BCUT2D eigenvalue weighted by atomic mass is 9.49. The number of rotatable bonds is 4. The van der Waals surface area contributed by atoms with Crippen LogP contribution in [0.25, 0.3) is 0 Å². The molecule has 0 spiro atoms. The van der Waals surface area contributed by atoms with Crippen LogP contribution in [0, 0.1) is 34.5 Å². The van der Waals surface area contributed by atoms with Crippen LogP contribution >= 0.6 is 0 Å². The zero-order chi connectivity index (χ0) is 20.9. The maximum Gasteiger partial charge on any atom is 0.306 e. The van der Waals surface area contributed by atoms with Gasteiger partial charge in [0.05, 0.1) is 0 Å². The Kier molecular flexibility index (Phi) is 5.22. The maximum atomic E-state index is 12.6. The molecule has 3 nitrogen and oxygen atoms in total. The van der Waals surface area contributed by atoms with Crippen molar-refractivity contribution < 1.29 is 14.3 Å². The van der Waals surface area contributed by atoms with Crippen LogP contribution in [-0.2, 0) is 14.3 Å². The molecule has 0 aromatic carbocycles. The molecule has 3 fully saturated rings. The Bertz CT molecular complexity index is 773. The number of esters is 1. The molecule has 0 unspecified atom stereocenters. The highest BCUT2D eigenvalue weighted by atomic mass is 16.5. The number of allylic oxidation sites excluding steroid dienone is 4. The lowest BCUT2D eigenvalue weighted by Gasteiger charge is -2.55. The summed E-state index contributed by atoms with van der Waals surface area (Å²) >= 11 is 0. The van der Waals surface area contributed by atoms with Gasteiger partial charge in [-0.25, -0.2) is 0 Å². The lowest BCUT2D eigenvalue weighted by Crippen LogP contribution is -2.50. The van der Waals surface area contributed by atoms with Crippen molar-refractivity contribution in [3.05, 3.63) is 23.8 Å². The van der Waals surface area contributed by atoms with Gasteiger partial charge < -0.3 is 4.74 Å². The first kappa shape index (κ1) is 20.5. The standard InChI is InChI=1S/C27H38O3/c1-26-15-13-20(28)17-19(26)8-9-21-22-10-11-24(27(22,2)16-14-23(21)26)30-25(29)12-7-18-5-3-4-6-18/h8-9,17-18,21-24H,3-7,10-16H2,1-2H3/t21-,22-,23-,24-,26-,27+/m0/s1. The van der Waals surface area contributed by atoms with Crippen molar-refractivity contribution in [3.8, 4) is 0 Å². The summed E-state index contributed by atoms with van der Waals surface area (Å²) < 4.78 is 6.15. The van der Waals surface area contributed by atoms with Gasteiger partial charge in [0.25, 0.3) is 0 Å². The van der Waals surface area contributed by atoms with E-state index in [2.05, 4.69) is 26.0 Å². The molecule has 5 aliphatic carbocycles. The van der Waals surface area contributed by atoms with Crippen molar-refractivity contribution in [3.63, 3.8) is 0 Å². The van der Waals surface area contributed by atoms with E-state index in [1.165, 1.54) is 37.7 Å². The largest absolute Gasteiger partial charge is 0.462 e. The van der Waals surface area contributed by atoms with Crippen molar-refractivity contribution in [2.45, 2.75) is 97.0 Å². The first-order valence-corrected chi connectivity index (χ1v) is 12.5. The van der Waals surface area contributed by atoms with Gasteiger partial charge in [0.15, 0.2) is 5.78 Å². The summed E-state index contributed by atoms with van der Waals surface area (Å²) in [6.07, 6.45) is 19.7. The molecule has 3 heteroatoms. The Morgan fingerprint density at radius 1 is 1.07 bits per heavy atom. The molecule has 0 aromatic rings. The zero-order valence-electron chi connectivity index (χ0n) is 18.8. The summed E-state index contributed by atoms with van der Waals surface area (Å²) in [4.78, 5) is 24.6. The van der Waals surface area contributed by atoms with Gasteiger partial charge in [-0.15, -0.1) is 0 Å². The van der Waals surface area contributed by atoms with Gasteiger partial charge in [0, 0.05) is 18.3 Å². The van der Waals surface area contributed by atoms with Crippen LogP contribution in [0.15, 0.2) is 23.8 Å². The van der Waals surface area contributed by atoms with Crippen LogP contribution in [0.4, 0.5) is 0 Å².